The Hall–Kier alpha value is -1.07. The summed E-state index contributed by atoms with van der Waals surface area (Å²) in [5.74, 6) is -3.99. The molecular formula is C10H12F3NO. The Kier molecular flexibility index (Phi) is 3.71. The van der Waals surface area contributed by atoms with Gasteiger partial charge >= 0.3 is 0 Å². The molecule has 1 aromatic carbocycles. The van der Waals surface area contributed by atoms with Gasteiger partial charge in [0.2, 0.25) is 0 Å². The summed E-state index contributed by atoms with van der Waals surface area (Å²) in [6, 6.07) is 1.13. The van der Waals surface area contributed by atoms with Gasteiger partial charge in [0, 0.05) is 12.7 Å². The van der Waals surface area contributed by atoms with Crippen LogP contribution < -0.4 is 5.73 Å². The van der Waals surface area contributed by atoms with E-state index in [0.717, 1.165) is 12.1 Å². The minimum Gasteiger partial charge on any atom is -0.380 e. The number of nitrogens with two attached hydrogens (primary N) is 1. The zero-order valence-electron chi connectivity index (χ0n) is 8.43. The molecule has 0 aromatic heterocycles. The molecule has 84 valence electrons. The molecule has 0 fully saturated rings. The Morgan fingerprint density at radius 3 is 2.33 bits per heavy atom. The third-order valence-electron chi connectivity index (χ3n) is 2.30. The zero-order valence-corrected chi connectivity index (χ0v) is 8.43. The highest BCUT2D eigenvalue weighted by Gasteiger charge is 2.22. The molecule has 2 nitrogen and oxygen atoms in total. The number of methoxy groups -OCH3 is 1. The third-order valence-corrected chi connectivity index (χ3v) is 2.30. The minimum absolute atomic E-state index is 0.0942. The van der Waals surface area contributed by atoms with Crippen molar-refractivity contribution in [3.8, 4) is 0 Å². The van der Waals surface area contributed by atoms with Crippen LogP contribution in [0.25, 0.3) is 0 Å². The van der Waals surface area contributed by atoms with Crippen molar-refractivity contribution < 1.29 is 17.9 Å². The lowest BCUT2D eigenvalue weighted by molar-refractivity contribution is 0.0942. The van der Waals surface area contributed by atoms with Gasteiger partial charge in [-0.3, -0.25) is 0 Å². The lowest BCUT2D eigenvalue weighted by Gasteiger charge is -2.19. The van der Waals surface area contributed by atoms with Crippen molar-refractivity contribution in [2.75, 3.05) is 7.11 Å². The minimum atomic E-state index is -1.51. The average Bonchev–Trinajstić information content (AvgIpc) is 2.24. The molecule has 0 aliphatic heterocycles. The summed E-state index contributed by atoms with van der Waals surface area (Å²) in [7, 11) is 1.41. The monoisotopic (exact) mass is 219 g/mol. The first-order valence-electron chi connectivity index (χ1n) is 4.40. The topological polar surface area (TPSA) is 35.2 Å². The molecule has 2 atom stereocenters. The summed E-state index contributed by atoms with van der Waals surface area (Å²) in [4.78, 5) is 0. The molecular weight excluding hydrogens is 207 g/mol. The molecule has 15 heavy (non-hydrogen) atoms. The molecule has 0 heterocycles. The Morgan fingerprint density at radius 1 is 1.20 bits per heavy atom. The molecule has 0 saturated carbocycles. The van der Waals surface area contributed by atoms with E-state index in [4.69, 9.17) is 10.5 Å². The third kappa shape index (κ3) is 2.30. The molecule has 0 saturated heterocycles. The maximum atomic E-state index is 13.3. The van der Waals surface area contributed by atoms with Crippen LogP contribution >= 0.6 is 0 Å². The van der Waals surface area contributed by atoms with Crippen LogP contribution in [-0.4, -0.2) is 13.2 Å². The summed E-state index contributed by atoms with van der Waals surface area (Å²) in [6.45, 7) is 1.62. The summed E-state index contributed by atoms with van der Waals surface area (Å²) in [6.07, 6.45) is -0.482. The van der Waals surface area contributed by atoms with Gasteiger partial charge in [-0.15, -0.1) is 0 Å². The van der Waals surface area contributed by atoms with Crippen LogP contribution in [0.5, 0.6) is 0 Å². The SMILES string of the molecule is COC(C)C(N)c1ccc(F)c(F)c1F. The van der Waals surface area contributed by atoms with Gasteiger partial charge in [-0.25, -0.2) is 13.2 Å². The highest BCUT2D eigenvalue weighted by Crippen LogP contribution is 2.22. The second-order valence-corrected chi connectivity index (χ2v) is 3.23. The fourth-order valence-corrected chi connectivity index (χ4v) is 1.20. The second-order valence-electron chi connectivity index (χ2n) is 3.23. The molecule has 0 spiro atoms. The highest BCUT2D eigenvalue weighted by molar-refractivity contribution is 5.24. The number of ether oxygens (including phenoxy) is 1. The molecule has 1 aromatic rings. The van der Waals surface area contributed by atoms with Gasteiger partial charge in [-0.2, -0.15) is 0 Å². The van der Waals surface area contributed by atoms with Gasteiger partial charge in [0.15, 0.2) is 17.5 Å². The molecule has 5 heteroatoms. The predicted molar refractivity (Wildman–Crippen MR) is 49.7 cm³/mol. The standard InChI is InChI=1S/C10H12F3NO/c1-5(15-2)10(14)6-3-4-7(11)9(13)8(6)12/h3-5,10H,14H2,1-2H3. The van der Waals surface area contributed by atoms with Gasteiger partial charge in [0.1, 0.15) is 0 Å². The molecule has 0 aliphatic carbocycles. The zero-order chi connectivity index (χ0) is 11.6. The van der Waals surface area contributed by atoms with Crippen molar-refractivity contribution in [2.45, 2.75) is 19.1 Å². The smallest absolute Gasteiger partial charge is 0.194 e. The molecule has 1 rings (SSSR count). The van der Waals surface area contributed by atoms with Crippen molar-refractivity contribution in [2.24, 2.45) is 5.73 Å². The van der Waals surface area contributed by atoms with Crippen molar-refractivity contribution in [3.63, 3.8) is 0 Å². The predicted octanol–water partition coefficient (Wildman–Crippen LogP) is 2.14. The van der Waals surface area contributed by atoms with Crippen LogP contribution in [0.1, 0.15) is 18.5 Å². The average molecular weight is 219 g/mol. The van der Waals surface area contributed by atoms with Crippen LogP contribution in [-0.2, 0) is 4.74 Å². The van der Waals surface area contributed by atoms with Crippen molar-refractivity contribution in [1.29, 1.82) is 0 Å². The maximum Gasteiger partial charge on any atom is 0.194 e. The highest BCUT2D eigenvalue weighted by atomic mass is 19.2. The van der Waals surface area contributed by atoms with Gasteiger partial charge in [-0.05, 0) is 13.0 Å². The summed E-state index contributed by atoms with van der Waals surface area (Å²) in [5, 5.41) is 0. The van der Waals surface area contributed by atoms with Crippen LogP contribution in [0.4, 0.5) is 13.2 Å². The lowest BCUT2D eigenvalue weighted by atomic mass is 10.0. The number of hydrogen-bond acceptors (Lipinski definition) is 2. The Labute approximate surface area is 85.8 Å². The van der Waals surface area contributed by atoms with E-state index < -0.39 is 29.6 Å². The first-order valence-corrected chi connectivity index (χ1v) is 4.40. The van der Waals surface area contributed by atoms with Gasteiger partial charge in [-0.1, -0.05) is 6.07 Å². The van der Waals surface area contributed by atoms with Crippen molar-refractivity contribution in [3.05, 3.63) is 35.1 Å². The molecule has 2 unspecified atom stereocenters. The first kappa shape index (κ1) is 12.0. The van der Waals surface area contributed by atoms with E-state index in [9.17, 15) is 13.2 Å². The quantitative estimate of drug-likeness (QED) is 0.790. The van der Waals surface area contributed by atoms with E-state index in [1.165, 1.54) is 7.11 Å². The van der Waals surface area contributed by atoms with Crippen molar-refractivity contribution >= 4 is 0 Å². The number of benzene rings is 1. The fraction of sp³-hybridized carbons (Fsp3) is 0.400. The maximum absolute atomic E-state index is 13.3. The van der Waals surface area contributed by atoms with Gasteiger partial charge in [0.25, 0.3) is 0 Å². The normalized spacial score (nSPS) is 15.1. The van der Waals surface area contributed by atoms with Crippen LogP contribution in [0.2, 0.25) is 0 Å². The Bertz CT molecular complexity index is 357. The molecule has 0 amide bonds. The van der Waals surface area contributed by atoms with E-state index in [2.05, 4.69) is 0 Å². The van der Waals surface area contributed by atoms with Crippen molar-refractivity contribution in [1.82, 2.24) is 0 Å². The van der Waals surface area contributed by atoms with E-state index in [0.29, 0.717) is 0 Å². The summed E-state index contributed by atoms with van der Waals surface area (Å²) < 4.78 is 43.6. The Balaban J connectivity index is 3.10. The summed E-state index contributed by atoms with van der Waals surface area (Å²) in [5.41, 5.74) is 5.52. The van der Waals surface area contributed by atoms with Crippen LogP contribution in [0.3, 0.4) is 0 Å². The largest absolute Gasteiger partial charge is 0.380 e. The lowest BCUT2D eigenvalue weighted by Crippen LogP contribution is -2.26. The number of hydrogen-bond donors (Lipinski definition) is 1. The van der Waals surface area contributed by atoms with Gasteiger partial charge in [0.05, 0.1) is 12.1 Å². The van der Waals surface area contributed by atoms with Gasteiger partial charge < -0.3 is 10.5 Å². The summed E-state index contributed by atoms with van der Waals surface area (Å²) >= 11 is 0. The first-order chi connectivity index (χ1) is 6.99. The van der Waals surface area contributed by atoms with E-state index in [-0.39, 0.29) is 5.56 Å². The molecule has 0 radical (unpaired) electrons. The van der Waals surface area contributed by atoms with Crippen LogP contribution in [0, 0.1) is 17.5 Å². The fourth-order valence-electron chi connectivity index (χ4n) is 1.20. The molecule has 2 N–H and O–H groups in total. The number of halogens is 3. The second kappa shape index (κ2) is 4.63. The van der Waals surface area contributed by atoms with E-state index in [1.54, 1.807) is 6.92 Å². The van der Waals surface area contributed by atoms with E-state index >= 15 is 0 Å². The molecule has 0 bridgehead atoms. The van der Waals surface area contributed by atoms with Crippen LogP contribution in [0.15, 0.2) is 12.1 Å². The molecule has 0 aliphatic rings. The van der Waals surface area contributed by atoms with E-state index in [1.807, 2.05) is 0 Å². The number of rotatable bonds is 3. The Morgan fingerprint density at radius 2 is 1.80 bits per heavy atom.